The van der Waals surface area contributed by atoms with Crippen molar-refractivity contribution in [2.75, 3.05) is 0 Å². The number of hydrogen-bond acceptors (Lipinski definition) is 2. The Morgan fingerprint density at radius 1 is 0.326 bits per heavy atom. The van der Waals surface area contributed by atoms with E-state index in [1.54, 1.807) is 51.4 Å². The van der Waals surface area contributed by atoms with E-state index in [1.165, 1.54) is 103 Å². The van der Waals surface area contributed by atoms with E-state index in [9.17, 15) is 0 Å². The molecule has 0 spiro atoms. The van der Waals surface area contributed by atoms with Crippen LogP contribution in [0.2, 0.25) is 0 Å². The zero-order valence-corrected chi connectivity index (χ0v) is 31.1. The highest BCUT2D eigenvalue weighted by molar-refractivity contribution is 5.10. The zero-order valence-electron chi connectivity index (χ0n) is 31.1. The Bertz CT molecular complexity index is 898. The van der Waals surface area contributed by atoms with Gasteiger partial charge in [0, 0.05) is 36.3 Å². The molecule has 8 aliphatic carbocycles. The van der Waals surface area contributed by atoms with Gasteiger partial charge in [-0.05, 0) is 188 Å². The van der Waals surface area contributed by atoms with Crippen LogP contribution in [-0.2, 0) is 0 Å². The topological polar surface area (TPSA) is 6.48 Å². The van der Waals surface area contributed by atoms with Crippen LogP contribution in [0.4, 0.5) is 0 Å². The molecule has 0 bridgehead atoms. The van der Waals surface area contributed by atoms with Gasteiger partial charge in [-0.15, -0.1) is 0 Å². The number of hydrogen-bond donors (Lipinski definition) is 0. The van der Waals surface area contributed by atoms with Crippen LogP contribution in [0, 0.1) is 59.2 Å². The minimum absolute atomic E-state index is 0.900. The van der Waals surface area contributed by atoms with Crippen LogP contribution < -0.4 is 0 Å². The summed E-state index contributed by atoms with van der Waals surface area (Å²) in [5.41, 5.74) is 0. The summed E-state index contributed by atoms with van der Waals surface area (Å²) in [5, 5.41) is 0. The maximum absolute atomic E-state index is 3.37. The molecule has 8 rings (SSSR count). The SMILES string of the molecule is CC1CCC(N(C2CCCC(C)C2)C2CCC3CCC4C5C(CCC2C35)CCC4N(C2CCC(C)CC2)C2CCCC(C)C2)CC1. The number of rotatable bonds is 6. The fraction of sp³-hybridized carbons (Fsp3) is 1.00. The second kappa shape index (κ2) is 14.3. The van der Waals surface area contributed by atoms with Gasteiger partial charge < -0.3 is 0 Å². The summed E-state index contributed by atoms with van der Waals surface area (Å²) in [6.45, 7) is 10.3. The lowest BCUT2D eigenvalue weighted by Gasteiger charge is -2.64. The zero-order chi connectivity index (χ0) is 31.4. The molecule has 8 saturated carbocycles. The first kappa shape index (κ1) is 33.1. The lowest BCUT2D eigenvalue weighted by Crippen LogP contribution is -2.64. The summed E-state index contributed by atoms with van der Waals surface area (Å²) in [7, 11) is 0. The molecular formula is C44H76N2. The third kappa shape index (κ3) is 6.46. The van der Waals surface area contributed by atoms with Crippen molar-refractivity contribution in [3.05, 3.63) is 0 Å². The van der Waals surface area contributed by atoms with Gasteiger partial charge >= 0.3 is 0 Å². The highest BCUT2D eigenvalue weighted by Crippen LogP contribution is 2.62. The van der Waals surface area contributed by atoms with Crippen LogP contribution in [0.1, 0.15) is 182 Å². The molecule has 0 aliphatic heterocycles. The van der Waals surface area contributed by atoms with Gasteiger partial charge in [-0.1, -0.05) is 53.4 Å². The van der Waals surface area contributed by atoms with Gasteiger partial charge in [0.1, 0.15) is 0 Å². The summed E-state index contributed by atoms with van der Waals surface area (Å²) in [6, 6.07) is 5.45. The molecule has 2 heteroatoms. The molecule has 46 heavy (non-hydrogen) atoms. The van der Waals surface area contributed by atoms with E-state index in [1.807, 2.05) is 0 Å². The summed E-state index contributed by atoms with van der Waals surface area (Å²) in [5.74, 6) is 10.2. The highest BCUT2D eigenvalue weighted by atomic mass is 15.2. The Balaban J connectivity index is 1.08. The highest BCUT2D eigenvalue weighted by Gasteiger charge is 2.58. The molecule has 0 radical (unpaired) electrons. The number of nitrogens with zero attached hydrogens (tertiary/aromatic N) is 2. The molecule has 0 aromatic carbocycles. The predicted octanol–water partition coefficient (Wildman–Crippen LogP) is 11.5. The van der Waals surface area contributed by atoms with Gasteiger partial charge in [0.05, 0.1) is 0 Å². The Morgan fingerprint density at radius 3 is 1.11 bits per heavy atom. The van der Waals surface area contributed by atoms with Crippen LogP contribution in [0.25, 0.3) is 0 Å². The van der Waals surface area contributed by atoms with Crippen molar-refractivity contribution < 1.29 is 0 Å². The maximum Gasteiger partial charge on any atom is 0.0132 e. The van der Waals surface area contributed by atoms with Crippen molar-refractivity contribution in [3.8, 4) is 0 Å². The van der Waals surface area contributed by atoms with Crippen molar-refractivity contribution in [1.29, 1.82) is 0 Å². The quantitative estimate of drug-likeness (QED) is 0.287. The van der Waals surface area contributed by atoms with Crippen molar-refractivity contribution >= 4 is 0 Å². The molecule has 0 aromatic heterocycles. The van der Waals surface area contributed by atoms with Crippen LogP contribution >= 0.6 is 0 Å². The lowest BCUT2D eigenvalue weighted by atomic mass is 9.46. The second-order valence-electron chi connectivity index (χ2n) is 20.0. The molecule has 0 amide bonds. The van der Waals surface area contributed by atoms with Crippen molar-refractivity contribution in [2.24, 2.45) is 59.2 Å². The lowest BCUT2D eigenvalue weighted by molar-refractivity contribution is -0.150. The van der Waals surface area contributed by atoms with Gasteiger partial charge in [-0.3, -0.25) is 9.80 Å². The summed E-state index contributed by atoms with van der Waals surface area (Å²) < 4.78 is 0. The normalized spacial score (nSPS) is 51.5. The Morgan fingerprint density at radius 2 is 0.717 bits per heavy atom. The molecule has 0 heterocycles. The second-order valence-corrected chi connectivity index (χ2v) is 20.0. The molecule has 8 aliphatic rings. The molecule has 262 valence electrons. The van der Waals surface area contributed by atoms with E-state index in [4.69, 9.17) is 0 Å². The van der Waals surface area contributed by atoms with Gasteiger partial charge in [0.15, 0.2) is 0 Å². The van der Waals surface area contributed by atoms with Crippen LogP contribution in [-0.4, -0.2) is 46.1 Å². The Hall–Kier alpha value is -0.0800. The first-order chi connectivity index (χ1) is 22.4. The van der Waals surface area contributed by atoms with Crippen molar-refractivity contribution in [1.82, 2.24) is 9.80 Å². The summed E-state index contributed by atoms with van der Waals surface area (Å²) >= 11 is 0. The van der Waals surface area contributed by atoms with E-state index >= 15 is 0 Å². The third-order valence-electron chi connectivity index (χ3n) is 17.2. The minimum Gasteiger partial charge on any atom is -0.294 e. The average molecular weight is 633 g/mol. The van der Waals surface area contributed by atoms with E-state index < -0.39 is 0 Å². The van der Waals surface area contributed by atoms with E-state index in [2.05, 4.69) is 37.5 Å². The summed E-state index contributed by atoms with van der Waals surface area (Å²) in [6.07, 6.45) is 36.7. The molecule has 2 nitrogen and oxygen atoms in total. The minimum atomic E-state index is 0.900. The van der Waals surface area contributed by atoms with Gasteiger partial charge in [0.2, 0.25) is 0 Å². The third-order valence-corrected chi connectivity index (χ3v) is 17.2. The Labute approximate surface area is 286 Å². The van der Waals surface area contributed by atoms with Gasteiger partial charge in [-0.2, -0.15) is 0 Å². The van der Waals surface area contributed by atoms with Crippen LogP contribution in [0.3, 0.4) is 0 Å². The first-order valence-electron chi connectivity index (χ1n) is 22.0. The maximum atomic E-state index is 3.37. The predicted molar refractivity (Wildman–Crippen MR) is 195 cm³/mol. The molecule has 0 aromatic rings. The van der Waals surface area contributed by atoms with Gasteiger partial charge in [0.25, 0.3) is 0 Å². The van der Waals surface area contributed by atoms with E-state index in [0.29, 0.717) is 0 Å². The summed E-state index contributed by atoms with van der Waals surface area (Å²) in [4.78, 5) is 6.73. The smallest absolute Gasteiger partial charge is 0.0132 e. The molecule has 8 fully saturated rings. The molecule has 0 saturated heterocycles. The fourth-order valence-corrected chi connectivity index (χ4v) is 15.1. The van der Waals surface area contributed by atoms with E-state index in [0.717, 1.165) is 95.4 Å². The first-order valence-corrected chi connectivity index (χ1v) is 22.0. The van der Waals surface area contributed by atoms with Crippen molar-refractivity contribution in [3.63, 3.8) is 0 Å². The Kier molecular flexibility index (Phi) is 10.3. The molecule has 0 N–H and O–H groups in total. The van der Waals surface area contributed by atoms with Crippen molar-refractivity contribution in [2.45, 2.75) is 218 Å². The average Bonchev–Trinajstić information content (AvgIpc) is 3.07. The fourth-order valence-electron chi connectivity index (χ4n) is 15.1. The molecule has 12 unspecified atom stereocenters. The molecular weight excluding hydrogens is 556 g/mol. The van der Waals surface area contributed by atoms with E-state index in [-0.39, 0.29) is 0 Å². The largest absolute Gasteiger partial charge is 0.294 e. The van der Waals surface area contributed by atoms with Crippen LogP contribution in [0.5, 0.6) is 0 Å². The van der Waals surface area contributed by atoms with Crippen LogP contribution in [0.15, 0.2) is 0 Å². The van der Waals surface area contributed by atoms with Gasteiger partial charge in [-0.25, -0.2) is 0 Å². The monoisotopic (exact) mass is 633 g/mol. The standard InChI is InChI=1S/C44H76N2/c1-29-11-19-35(20-12-29)45(37-9-5-7-31(3)27-37)41-25-17-33-16-24-40-42(26-18-34-15-23-39(41)43(33)44(34)40)46(36-21-13-30(2)14-22-36)38-10-6-8-32(4)28-38/h29-44H,5-28H2,1-4H3. The molecule has 12 atom stereocenters.